The van der Waals surface area contributed by atoms with Crippen LogP contribution in [0.25, 0.3) is 0 Å². The van der Waals surface area contributed by atoms with Gasteiger partial charge in [0, 0.05) is 104 Å². The summed E-state index contributed by atoms with van der Waals surface area (Å²) in [5.74, 6) is 4.02. The molecule has 1 aromatic heterocycles. The number of ether oxygens (including phenoxy) is 1. The number of allylic oxidation sites excluding steroid dienone is 6. The maximum atomic E-state index is 14.8. The lowest BCUT2D eigenvalue weighted by Gasteiger charge is -2.72. The average molecular weight is 2040 g/mol. The van der Waals surface area contributed by atoms with E-state index in [4.69, 9.17) is 9.26 Å². The Morgan fingerprint density at radius 2 is 0.723 bits per heavy atom. The zero-order valence-corrected chi connectivity index (χ0v) is 96.2. The molecular formula is C128H190N4O16. The Kier molecular flexibility index (Phi) is 25.8. The summed E-state index contributed by atoms with van der Waals surface area (Å²) in [5, 5.41) is 120. The van der Waals surface area contributed by atoms with E-state index in [1.54, 1.807) is 0 Å². The van der Waals surface area contributed by atoms with Gasteiger partial charge in [-0.05, 0) is 339 Å². The molecule has 1 spiro atoms. The molecule has 20 nitrogen and oxygen atoms in total. The number of fused-ring (bicyclic) bond motifs is 26. The minimum absolute atomic E-state index is 0.0175. The number of nitriles is 3. The maximum absolute atomic E-state index is 14.8. The highest BCUT2D eigenvalue weighted by atomic mass is 16.5. The highest BCUT2D eigenvalue weighted by molar-refractivity contribution is 6.05. The predicted octanol–water partition coefficient (Wildman–Crippen LogP) is 23.9. The van der Waals surface area contributed by atoms with Gasteiger partial charge in [0.2, 0.25) is 0 Å². The zero-order valence-electron chi connectivity index (χ0n) is 96.2. The van der Waals surface area contributed by atoms with Gasteiger partial charge in [0.15, 0.2) is 17.3 Å². The Morgan fingerprint density at radius 3 is 1.12 bits per heavy atom. The number of carbonyl (C=O) groups excluding carboxylic acids is 6. The Morgan fingerprint density at radius 1 is 0.372 bits per heavy atom. The van der Waals surface area contributed by atoms with Crippen molar-refractivity contribution >= 4 is 34.7 Å². The number of hydrogen-bond acceptors (Lipinski definition) is 20. The van der Waals surface area contributed by atoms with Crippen molar-refractivity contribution in [1.29, 1.82) is 15.8 Å². The fourth-order valence-corrected chi connectivity index (χ4v) is 46.0. The standard InChI is InChI=1S/C32H49NO4.C32H45NO4.C32H49NO4.C32H47NO4/c1-27(2)10-12-32(24(36)18-34)13-11-31(7)25(20(32)16-27)21(35)14-23-29(5)15-19-17-33-37-26(19)28(3,4)22(29)8-9-30(23,31)6;1-26(2)10-12-31-13-11-30(7)29(6)9-8-20-27(3,4)25(36)19(17-33)15-28(20,5)21(29)14-23(35)32(30,22(31)16-26)37-24(31)18-34;2*1-27(2)10-12-32(24(36)18-34)13-11-31(7)25(20(32)16-27)21(35)14-23-29(5)15-19(17-33)26(37)28(3,4)22(29)8-9-30(23,31)6/h17,20,22-25,34,36H,8-16,18H2,1-7H3;15,20-22,24,34H,8-14,16,18H2,1-7H3;20,22-25,34,36-37H,8-16,18H2,1-7H3;15,20,22-25,34,36H,8-14,16,18H2,1-7H3/t20-,22-,23+,24+,25-,29-,30+,31+,32-;20-,21+,22+,24?,28-,29+,30-,31-,32+;2*20-,22-,23+,24+,25-,29-,30+,31+,32-/m0000/s1. The lowest BCUT2D eigenvalue weighted by atomic mass is 9.31. The van der Waals surface area contributed by atoms with Crippen molar-refractivity contribution in [3.8, 4) is 18.2 Å². The van der Waals surface area contributed by atoms with Crippen LogP contribution in [-0.4, -0.2) is 137 Å². The van der Waals surface area contributed by atoms with E-state index in [1.165, 1.54) is 5.56 Å². The fourth-order valence-electron chi connectivity index (χ4n) is 46.0. The molecule has 1 aromatic rings. The highest BCUT2D eigenvalue weighted by Gasteiger charge is 2.85. The number of ketones is 6. The first-order chi connectivity index (χ1) is 68.3. The van der Waals surface area contributed by atoms with E-state index < -0.39 is 56.4 Å². The van der Waals surface area contributed by atoms with E-state index >= 15 is 0 Å². The number of Topliss-reactive ketones (excluding diaryl/α,β-unsaturated/α-hetero) is 6. The van der Waals surface area contributed by atoms with Crippen molar-refractivity contribution in [2.75, 3.05) is 26.4 Å². The molecule has 21 aliphatic rings. The van der Waals surface area contributed by atoms with Crippen molar-refractivity contribution in [3.63, 3.8) is 0 Å². The quantitative estimate of drug-likeness (QED) is 0.126. The molecule has 1 unspecified atom stereocenters. The van der Waals surface area contributed by atoms with Crippen molar-refractivity contribution in [2.24, 2.45) is 213 Å². The van der Waals surface area contributed by atoms with Gasteiger partial charge in [-0.15, -0.1) is 0 Å². The molecule has 8 N–H and O–H groups in total. The minimum atomic E-state index is -0.868. The van der Waals surface area contributed by atoms with Crippen LogP contribution >= 0.6 is 0 Å². The average Bonchev–Trinajstić information content (AvgIpc) is 1.54. The van der Waals surface area contributed by atoms with Crippen molar-refractivity contribution in [1.82, 2.24) is 5.16 Å². The van der Waals surface area contributed by atoms with Crippen LogP contribution in [0.15, 0.2) is 45.4 Å². The van der Waals surface area contributed by atoms with Crippen molar-refractivity contribution in [3.05, 3.63) is 52.2 Å². The van der Waals surface area contributed by atoms with Gasteiger partial charge in [0.05, 0.1) is 79.8 Å². The number of hydrogen-bond donors (Lipinski definition) is 8. The van der Waals surface area contributed by atoms with Gasteiger partial charge in [0.1, 0.15) is 46.6 Å². The van der Waals surface area contributed by atoms with Gasteiger partial charge in [-0.25, -0.2) is 0 Å². The molecule has 22 rings (SSSR count). The van der Waals surface area contributed by atoms with Crippen LogP contribution in [0.2, 0.25) is 0 Å². The molecule has 0 aromatic carbocycles. The van der Waals surface area contributed by atoms with Crippen LogP contribution in [0, 0.1) is 247 Å². The summed E-state index contributed by atoms with van der Waals surface area (Å²) in [6, 6.07) is 6.72. The molecule has 20 heteroatoms. The van der Waals surface area contributed by atoms with E-state index in [1.807, 2.05) is 46.0 Å². The molecular weight excluding hydrogens is 1850 g/mol. The molecule has 2 bridgehead atoms. The summed E-state index contributed by atoms with van der Waals surface area (Å²) in [4.78, 5) is 84.7. The van der Waals surface area contributed by atoms with Crippen LogP contribution in [-0.2, 0) is 45.3 Å². The Bertz CT molecular complexity index is 5820. The smallest absolute Gasteiger partial charge is 0.178 e. The number of rotatable bonds is 7. The summed E-state index contributed by atoms with van der Waals surface area (Å²) in [6.07, 6.45) is 33.6. The second-order valence-corrected chi connectivity index (χ2v) is 63.4. The summed E-state index contributed by atoms with van der Waals surface area (Å²) >= 11 is 0. The summed E-state index contributed by atoms with van der Waals surface area (Å²) < 4.78 is 12.8. The molecule has 1 aliphatic heterocycles. The number of aromatic nitrogens is 1. The SMILES string of the molecule is CC1(C)CC[C@@]23CC[C@@]4(C)[C@]5(C)CC[C@H]6C(C)(C)C(=O)C(C#N)=C[C@]6(C)[C@H]5CC(=O)[C@]4(OC2CO)[C@@H]3C1.CC1(C)CC[C@]2([C@H](O)CO)CC[C@]3(C)[C@H](C(=O)C[C@@H]4[C@@]5(C)C=C(C#N)C(=O)C(C)(C)[C@@H]5CC[C@]43C)[C@@H]2C1.CC1(C)CC[C@]2([C@H](O)CO)CC[C@]3(C)[C@H](C(=O)C[C@@H]4[C@@]5(C)CC(C#N)=C(O)C(C)(C)[C@@H]5CC[C@]43C)[C@@H]2C1.CC1(C)CC[C@]2([C@H](O)CO)CC[C@]3(C)[C@H](C(=O)C[C@@H]4[C@@]5(C)Cc6cnoc6C(C)(C)[C@@H]5CC[C@]43C)[C@@H]2C1. The molecule has 16 saturated carbocycles. The molecule has 0 amide bonds. The third-order valence-electron chi connectivity index (χ3n) is 54.7. The molecule has 36 atom stereocenters. The van der Waals surface area contributed by atoms with E-state index in [9.17, 15) is 85.4 Å². The van der Waals surface area contributed by atoms with Crippen LogP contribution in [0.1, 0.15) is 417 Å². The van der Waals surface area contributed by atoms with Crippen LogP contribution < -0.4 is 0 Å². The first-order valence-corrected chi connectivity index (χ1v) is 58.7. The van der Waals surface area contributed by atoms with Crippen LogP contribution in [0.5, 0.6) is 0 Å². The lowest BCUT2D eigenvalue weighted by molar-refractivity contribution is -0.257. The zero-order chi connectivity index (χ0) is 109. The van der Waals surface area contributed by atoms with Crippen LogP contribution in [0.3, 0.4) is 0 Å². The van der Waals surface area contributed by atoms with Crippen LogP contribution in [0.4, 0.5) is 0 Å². The number of aliphatic hydroxyl groups is 8. The molecule has 1 saturated heterocycles. The normalized spacial score (nSPS) is 50.0. The Hall–Kier alpha value is -5.60. The maximum Gasteiger partial charge on any atom is 0.178 e. The lowest BCUT2D eigenvalue weighted by Crippen LogP contribution is -2.74. The predicted molar refractivity (Wildman–Crippen MR) is 568 cm³/mol. The monoisotopic (exact) mass is 2040 g/mol. The largest absolute Gasteiger partial charge is 0.511 e. The highest BCUT2D eigenvalue weighted by Crippen LogP contribution is 2.85. The molecule has 17 fully saturated rings. The molecule has 20 aliphatic carbocycles. The first-order valence-electron chi connectivity index (χ1n) is 58.7. The van der Waals surface area contributed by atoms with Gasteiger partial charge in [-0.3, -0.25) is 28.8 Å². The Labute approximate surface area is 886 Å². The van der Waals surface area contributed by atoms with Crippen molar-refractivity contribution in [2.45, 2.75) is 448 Å². The third kappa shape index (κ3) is 14.2. The molecule has 148 heavy (non-hydrogen) atoms. The second kappa shape index (κ2) is 34.5. The van der Waals surface area contributed by atoms with Gasteiger partial charge in [-0.2, -0.15) is 15.8 Å². The van der Waals surface area contributed by atoms with E-state index in [0.717, 1.165) is 192 Å². The fraction of sp³-hybridized carbons (Fsp3) is 0.859. The molecule has 818 valence electrons. The number of aliphatic hydroxyl groups excluding tert-OH is 8. The summed E-state index contributed by atoms with van der Waals surface area (Å²) in [7, 11) is 0. The van der Waals surface area contributed by atoms with E-state index in [0.29, 0.717) is 66.9 Å². The van der Waals surface area contributed by atoms with E-state index in [2.05, 4.69) is 190 Å². The number of nitrogens with zero attached hydrogens (tertiary/aromatic N) is 4. The van der Waals surface area contributed by atoms with E-state index in [-0.39, 0.29) is 241 Å². The Balaban J connectivity index is 0.000000124. The number of carbonyl (C=O) groups is 6. The van der Waals surface area contributed by atoms with Gasteiger partial charge < -0.3 is 50.1 Å². The second-order valence-electron chi connectivity index (χ2n) is 63.4. The third-order valence-corrected chi connectivity index (χ3v) is 54.7. The summed E-state index contributed by atoms with van der Waals surface area (Å²) in [6.45, 7) is 63.0. The van der Waals surface area contributed by atoms with Gasteiger partial charge in [0.25, 0.3) is 0 Å². The molecule has 2 heterocycles. The topological polar surface area (TPSA) is 371 Å². The van der Waals surface area contributed by atoms with Gasteiger partial charge >= 0.3 is 0 Å². The van der Waals surface area contributed by atoms with Gasteiger partial charge in [-0.1, -0.05) is 211 Å². The minimum Gasteiger partial charge on any atom is -0.511 e. The molecule has 0 radical (unpaired) electrons. The van der Waals surface area contributed by atoms with Crippen molar-refractivity contribution < 1.29 is 78.9 Å². The summed E-state index contributed by atoms with van der Waals surface area (Å²) in [5.41, 5.74) is -3.43. The first kappa shape index (κ1) is 111.